The number of nitrogens with zero attached hydrogens (tertiary/aromatic N) is 2. The Balaban J connectivity index is 2.36. The van der Waals surface area contributed by atoms with Crippen molar-refractivity contribution in [1.29, 1.82) is 0 Å². The van der Waals surface area contributed by atoms with Crippen molar-refractivity contribution in [3.05, 3.63) is 17.1 Å². The van der Waals surface area contributed by atoms with Crippen LogP contribution in [0.1, 0.15) is 68.4 Å². The molecule has 3 N–H and O–H groups in total. The van der Waals surface area contributed by atoms with Crippen LogP contribution >= 0.6 is 0 Å². The molecule has 4 nitrogen and oxygen atoms in total. The number of aromatic nitrogens is 2. The summed E-state index contributed by atoms with van der Waals surface area (Å²) < 4.78 is 27.1. The third-order valence-corrected chi connectivity index (χ3v) is 3.87. The van der Waals surface area contributed by atoms with E-state index in [1.807, 2.05) is 20.8 Å². The van der Waals surface area contributed by atoms with Crippen molar-refractivity contribution < 1.29 is 8.78 Å². The van der Waals surface area contributed by atoms with E-state index in [1.165, 1.54) is 0 Å². The van der Waals surface area contributed by atoms with Gasteiger partial charge < -0.3 is 5.43 Å². The van der Waals surface area contributed by atoms with Crippen molar-refractivity contribution in [1.82, 2.24) is 9.97 Å². The molecule has 1 aliphatic carbocycles. The molecule has 1 aromatic rings. The van der Waals surface area contributed by atoms with Crippen LogP contribution in [0.15, 0.2) is 0 Å². The molecule has 1 saturated carbocycles. The minimum Gasteiger partial charge on any atom is -0.308 e. The highest BCUT2D eigenvalue weighted by atomic mass is 19.3. The molecule has 20 heavy (non-hydrogen) atoms. The first kappa shape index (κ1) is 15.1. The number of hydrazine groups is 1. The second-order valence-corrected chi connectivity index (χ2v) is 5.88. The molecule has 6 heteroatoms. The molecule has 1 unspecified atom stereocenters. The number of nitrogens with two attached hydrogens (primary N) is 1. The predicted octanol–water partition coefficient (Wildman–Crippen LogP) is 3.49. The zero-order valence-electron chi connectivity index (χ0n) is 12.2. The van der Waals surface area contributed by atoms with Gasteiger partial charge in [-0.2, -0.15) is 0 Å². The topological polar surface area (TPSA) is 63.8 Å². The number of halogens is 2. The van der Waals surface area contributed by atoms with Gasteiger partial charge in [0, 0.05) is 30.0 Å². The summed E-state index contributed by atoms with van der Waals surface area (Å²) in [6.07, 6.45) is 1.02. The molecule has 0 radical (unpaired) electrons. The summed E-state index contributed by atoms with van der Waals surface area (Å²) in [7, 11) is 0. The first-order valence-corrected chi connectivity index (χ1v) is 7.07. The first-order valence-electron chi connectivity index (χ1n) is 7.07. The Hall–Kier alpha value is -1.30. The van der Waals surface area contributed by atoms with Crippen molar-refractivity contribution >= 4 is 5.82 Å². The third-order valence-electron chi connectivity index (χ3n) is 3.87. The Labute approximate surface area is 118 Å². The minimum atomic E-state index is -2.60. The van der Waals surface area contributed by atoms with Crippen LogP contribution in [0.4, 0.5) is 14.6 Å². The number of hydrogen-bond acceptors (Lipinski definition) is 4. The summed E-state index contributed by atoms with van der Waals surface area (Å²) in [5.74, 6) is 3.89. The fraction of sp³-hybridized carbons (Fsp3) is 0.714. The van der Waals surface area contributed by atoms with Crippen LogP contribution in [0.5, 0.6) is 0 Å². The summed E-state index contributed by atoms with van der Waals surface area (Å²) >= 11 is 0. The van der Waals surface area contributed by atoms with Crippen molar-refractivity contribution in [3.63, 3.8) is 0 Å². The fourth-order valence-corrected chi connectivity index (χ4v) is 2.98. The Morgan fingerprint density at radius 1 is 1.35 bits per heavy atom. The lowest BCUT2D eigenvalue weighted by atomic mass is 9.85. The summed E-state index contributed by atoms with van der Waals surface area (Å²) in [6.45, 7) is 5.93. The number of rotatable bonds is 3. The van der Waals surface area contributed by atoms with Crippen LogP contribution in [0.3, 0.4) is 0 Å². The smallest absolute Gasteiger partial charge is 0.248 e. The Kier molecular flexibility index (Phi) is 4.22. The van der Waals surface area contributed by atoms with Gasteiger partial charge in [-0.05, 0) is 25.7 Å². The van der Waals surface area contributed by atoms with Gasteiger partial charge in [0.15, 0.2) is 0 Å². The standard InChI is InChI=1S/C14H22F2N4/c1-8(2)11-9(3)18-12(19-13(11)20-17)10-5-4-6-14(15,16)7-10/h8,10H,4-7,17H2,1-3H3,(H,18,19,20). The van der Waals surface area contributed by atoms with Gasteiger partial charge >= 0.3 is 0 Å². The van der Waals surface area contributed by atoms with E-state index in [4.69, 9.17) is 5.84 Å². The number of aryl methyl sites for hydroxylation is 1. The Morgan fingerprint density at radius 3 is 2.60 bits per heavy atom. The van der Waals surface area contributed by atoms with Gasteiger partial charge in [-0.25, -0.2) is 24.6 Å². The molecule has 112 valence electrons. The highest BCUT2D eigenvalue weighted by Gasteiger charge is 2.38. The van der Waals surface area contributed by atoms with E-state index < -0.39 is 5.92 Å². The summed E-state index contributed by atoms with van der Waals surface area (Å²) in [5.41, 5.74) is 4.33. The molecule has 1 aromatic heterocycles. The molecule has 1 heterocycles. The molecule has 0 aliphatic heterocycles. The van der Waals surface area contributed by atoms with E-state index in [9.17, 15) is 8.78 Å². The van der Waals surface area contributed by atoms with Crippen molar-refractivity contribution in [2.75, 3.05) is 5.43 Å². The molecule has 0 spiro atoms. The Morgan fingerprint density at radius 2 is 2.05 bits per heavy atom. The van der Waals surface area contributed by atoms with Crippen molar-refractivity contribution in [3.8, 4) is 0 Å². The number of nitrogen functional groups attached to an aromatic ring is 1. The van der Waals surface area contributed by atoms with Crippen LogP contribution in [-0.4, -0.2) is 15.9 Å². The zero-order chi connectivity index (χ0) is 14.9. The van der Waals surface area contributed by atoms with Crippen LogP contribution in [-0.2, 0) is 0 Å². The van der Waals surface area contributed by atoms with E-state index in [2.05, 4.69) is 15.4 Å². The number of nitrogens with one attached hydrogen (secondary N) is 1. The lowest BCUT2D eigenvalue weighted by Gasteiger charge is -2.28. The van der Waals surface area contributed by atoms with E-state index >= 15 is 0 Å². The second-order valence-electron chi connectivity index (χ2n) is 5.88. The van der Waals surface area contributed by atoms with E-state index in [1.54, 1.807) is 0 Å². The van der Waals surface area contributed by atoms with Gasteiger partial charge in [0.1, 0.15) is 11.6 Å². The predicted molar refractivity (Wildman–Crippen MR) is 74.8 cm³/mol. The van der Waals surface area contributed by atoms with Gasteiger partial charge in [0.25, 0.3) is 0 Å². The monoisotopic (exact) mass is 284 g/mol. The maximum atomic E-state index is 13.5. The summed E-state index contributed by atoms with van der Waals surface area (Å²) in [4.78, 5) is 8.83. The van der Waals surface area contributed by atoms with Crippen molar-refractivity contribution in [2.24, 2.45) is 5.84 Å². The number of hydrogen-bond donors (Lipinski definition) is 2. The van der Waals surface area contributed by atoms with Crippen LogP contribution in [0.2, 0.25) is 0 Å². The Bertz CT molecular complexity index is 488. The molecular formula is C14H22F2N4. The average Bonchev–Trinajstić information content (AvgIpc) is 2.35. The maximum absolute atomic E-state index is 13.5. The molecule has 1 fully saturated rings. The normalized spacial score (nSPS) is 22.1. The highest BCUT2D eigenvalue weighted by molar-refractivity contribution is 5.47. The SMILES string of the molecule is Cc1nc(C2CCCC(F)(F)C2)nc(NN)c1C(C)C. The minimum absolute atomic E-state index is 0.0332. The fourth-order valence-electron chi connectivity index (χ4n) is 2.98. The number of anilines is 1. The molecule has 0 bridgehead atoms. The van der Waals surface area contributed by atoms with Gasteiger partial charge in [-0.1, -0.05) is 13.8 Å². The van der Waals surface area contributed by atoms with Crippen LogP contribution < -0.4 is 11.3 Å². The molecule has 1 atom stereocenters. The van der Waals surface area contributed by atoms with E-state index in [0.29, 0.717) is 24.5 Å². The van der Waals surface area contributed by atoms with E-state index in [0.717, 1.165) is 11.3 Å². The van der Waals surface area contributed by atoms with Crippen LogP contribution in [0.25, 0.3) is 0 Å². The third kappa shape index (κ3) is 3.06. The lowest BCUT2D eigenvalue weighted by Crippen LogP contribution is -2.27. The summed E-state index contributed by atoms with van der Waals surface area (Å²) in [6, 6.07) is 0. The quantitative estimate of drug-likeness (QED) is 0.659. The van der Waals surface area contributed by atoms with Gasteiger partial charge in [0.05, 0.1) is 0 Å². The average molecular weight is 284 g/mol. The first-order chi connectivity index (χ1) is 9.34. The lowest BCUT2D eigenvalue weighted by molar-refractivity contribution is -0.0417. The molecular weight excluding hydrogens is 262 g/mol. The van der Waals surface area contributed by atoms with E-state index in [-0.39, 0.29) is 24.7 Å². The molecule has 0 saturated heterocycles. The van der Waals surface area contributed by atoms with Gasteiger partial charge in [0.2, 0.25) is 5.92 Å². The molecule has 1 aliphatic rings. The largest absolute Gasteiger partial charge is 0.308 e. The second kappa shape index (κ2) is 5.60. The van der Waals surface area contributed by atoms with Gasteiger partial charge in [-0.15, -0.1) is 0 Å². The number of alkyl halides is 2. The van der Waals surface area contributed by atoms with Crippen LogP contribution in [0, 0.1) is 6.92 Å². The molecule has 0 aromatic carbocycles. The molecule has 0 amide bonds. The maximum Gasteiger partial charge on any atom is 0.248 e. The van der Waals surface area contributed by atoms with Gasteiger partial charge in [-0.3, -0.25) is 0 Å². The zero-order valence-corrected chi connectivity index (χ0v) is 12.2. The molecule has 2 rings (SSSR count). The van der Waals surface area contributed by atoms with Crippen molar-refractivity contribution in [2.45, 2.75) is 64.2 Å². The summed E-state index contributed by atoms with van der Waals surface area (Å²) in [5, 5.41) is 0. The highest BCUT2D eigenvalue weighted by Crippen LogP contribution is 2.41.